The Bertz CT molecular complexity index is 621. The second-order valence-electron chi connectivity index (χ2n) is 8.90. The fraction of sp³-hybridized carbons (Fsp3) is 0.789. The lowest BCUT2D eigenvalue weighted by Crippen LogP contribution is -2.49. The number of hydrogen-bond acceptors (Lipinski definition) is 3. The lowest BCUT2D eigenvalue weighted by molar-refractivity contribution is 0.00215. The van der Waals surface area contributed by atoms with Crippen LogP contribution in [0.15, 0.2) is 10.7 Å². The highest BCUT2D eigenvalue weighted by molar-refractivity contribution is 9.10. The smallest absolute Gasteiger partial charge is 0.410 e. The van der Waals surface area contributed by atoms with Crippen LogP contribution in [0.4, 0.5) is 4.79 Å². The first-order valence-corrected chi connectivity index (χ1v) is 10.2. The van der Waals surface area contributed by atoms with Gasteiger partial charge in [0.25, 0.3) is 0 Å². The van der Waals surface area contributed by atoms with Crippen molar-refractivity contribution < 1.29 is 9.53 Å². The lowest BCUT2D eigenvalue weighted by Gasteiger charge is -2.40. The first-order chi connectivity index (χ1) is 11.6. The number of rotatable bonds is 3. The molecular formula is C19H30BrN3O2. The van der Waals surface area contributed by atoms with Crippen molar-refractivity contribution in [1.82, 2.24) is 14.7 Å². The third kappa shape index (κ3) is 4.21. The molecule has 0 aromatic carbocycles. The second kappa shape index (κ2) is 6.93. The van der Waals surface area contributed by atoms with E-state index < -0.39 is 5.60 Å². The third-order valence-electron chi connectivity index (χ3n) is 5.06. The van der Waals surface area contributed by atoms with Crippen LogP contribution in [0.2, 0.25) is 0 Å². The maximum atomic E-state index is 12.6. The van der Waals surface area contributed by atoms with Crippen LogP contribution >= 0.6 is 15.9 Å². The van der Waals surface area contributed by atoms with Gasteiger partial charge in [0.2, 0.25) is 0 Å². The van der Waals surface area contributed by atoms with Gasteiger partial charge in [-0.15, -0.1) is 0 Å². The fourth-order valence-corrected chi connectivity index (χ4v) is 4.68. The van der Waals surface area contributed by atoms with E-state index >= 15 is 0 Å². The molecule has 1 aromatic rings. The molecule has 140 valence electrons. The van der Waals surface area contributed by atoms with Gasteiger partial charge in [0.1, 0.15) is 10.2 Å². The van der Waals surface area contributed by atoms with Gasteiger partial charge < -0.3 is 9.64 Å². The molecule has 2 saturated heterocycles. The highest BCUT2D eigenvalue weighted by Crippen LogP contribution is 2.42. The van der Waals surface area contributed by atoms with Crippen LogP contribution < -0.4 is 0 Å². The van der Waals surface area contributed by atoms with Crippen LogP contribution in [0.5, 0.6) is 0 Å². The van der Waals surface area contributed by atoms with E-state index in [1.54, 1.807) is 0 Å². The van der Waals surface area contributed by atoms with Crippen LogP contribution in [-0.4, -0.2) is 38.5 Å². The van der Waals surface area contributed by atoms with E-state index in [2.05, 4.69) is 40.5 Å². The summed E-state index contributed by atoms with van der Waals surface area (Å²) >= 11 is 3.54. The van der Waals surface area contributed by atoms with Crippen molar-refractivity contribution in [3.05, 3.63) is 16.4 Å². The van der Waals surface area contributed by atoms with Crippen LogP contribution in [-0.2, 0) is 11.2 Å². The molecule has 3 heterocycles. The quantitative estimate of drug-likeness (QED) is 0.706. The SMILES string of the molecule is CC(C)Cc1cc(Br)nn1C1CC2CCC(C1)N2C(=O)OC(C)(C)C. The number of carbonyl (C=O) groups excluding carboxylic acids is 1. The molecule has 2 aliphatic heterocycles. The summed E-state index contributed by atoms with van der Waals surface area (Å²) in [6.45, 7) is 10.3. The minimum absolute atomic E-state index is 0.150. The summed E-state index contributed by atoms with van der Waals surface area (Å²) in [5, 5.41) is 4.71. The van der Waals surface area contributed by atoms with E-state index in [4.69, 9.17) is 9.84 Å². The molecular weight excluding hydrogens is 382 g/mol. The third-order valence-corrected chi connectivity index (χ3v) is 5.45. The maximum absolute atomic E-state index is 12.6. The van der Waals surface area contributed by atoms with Gasteiger partial charge in [-0.3, -0.25) is 4.68 Å². The van der Waals surface area contributed by atoms with E-state index in [-0.39, 0.29) is 18.2 Å². The van der Waals surface area contributed by atoms with Crippen molar-refractivity contribution in [1.29, 1.82) is 0 Å². The summed E-state index contributed by atoms with van der Waals surface area (Å²) < 4.78 is 8.75. The number of nitrogens with zero attached hydrogens (tertiary/aromatic N) is 3. The van der Waals surface area contributed by atoms with Gasteiger partial charge in [0, 0.05) is 17.8 Å². The van der Waals surface area contributed by atoms with E-state index in [1.165, 1.54) is 5.69 Å². The van der Waals surface area contributed by atoms with Crippen molar-refractivity contribution in [2.75, 3.05) is 0 Å². The normalized spacial score (nSPS) is 26.4. The molecule has 3 rings (SSSR count). The number of hydrogen-bond donors (Lipinski definition) is 0. The molecule has 0 spiro atoms. The van der Waals surface area contributed by atoms with Gasteiger partial charge in [-0.25, -0.2) is 4.79 Å². The van der Waals surface area contributed by atoms with Crippen LogP contribution in [0.1, 0.15) is 72.0 Å². The minimum Gasteiger partial charge on any atom is -0.444 e. The van der Waals surface area contributed by atoms with Crippen LogP contribution in [0.25, 0.3) is 0 Å². The lowest BCUT2D eigenvalue weighted by atomic mass is 9.97. The summed E-state index contributed by atoms with van der Waals surface area (Å²) in [6, 6.07) is 3.06. The molecule has 2 bridgehead atoms. The number of piperidine rings is 1. The number of aromatic nitrogens is 2. The van der Waals surface area contributed by atoms with Gasteiger partial charge in [0.05, 0.1) is 6.04 Å². The van der Waals surface area contributed by atoms with Crippen LogP contribution in [0, 0.1) is 5.92 Å². The zero-order valence-electron chi connectivity index (χ0n) is 16.0. The van der Waals surface area contributed by atoms with Crippen molar-refractivity contribution in [3.63, 3.8) is 0 Å². The molecule has 1 amide bonds. The van der Waals surface area contributed by atoms with E-state index in [0.29, 0.717) is 12.0 Å². The number of ether oxygens (including phenoxy) is 1. The van der Waals surface area contributed by atoms with Crippen molar-refractivity contribution in [2.45, 2.75) is 90.4 Å². The predicted octanol–water partition coefficient (Wildman–Crippen LogP) is 4.95. The molecule has 2 unspecified atom stereocenters. The first-order valence-electron chi connectivity index (χ1n) is 9.39. The topological polar surface area (TPSA) is 47.4 Å². The van der Waals surface area contributed by atoms with Gasteiger partial charge in [-0.2, -0.15) is 5.10 Å². The molecule has 0 saturated carbocycles. The molecule has 0 radical (unpaired) electrons. The van der Waals surface area contributed by atoms with Crippen molar-refractivity contribution in [2.24, 2.45) is 5.92 Å². The summed E-state index contributed by atoms with van der Waals surface area (Å²) in [5.74, 6) is 0.598. The van der Waals surface area contributed by atoms with Gasteiger partial charge in [-0.1, -0.05) is 13.8 Å². The molecule has 25 heavy (non-hydrogen) atoms. The molecule has 2 aliphatic rings. The standard InChI is InChI=1S/C19H30BrN3O2/c1-12(2)8-15-11-17(20)21-23(15)16-9-13-6-7-14(10-16)22(13)18(24)25-19(3,4)5/h11-14,16H,6-10H2,1-5H3. The monoisotopic (exact) mass is 411 g/mol. The van der Waals surface area contributed by atoms with Gasteiger partial charge in [0.15, 0.2) is 0 Å². The average molecular weight is 412 g/mol. The Kier molecular flexibility index (Phi) is 5.20. The Morgan fingerprint density at radius 2 is 1.88 bits per heavy atom. The average Bonchev–Trinajstić information content (AvgIpc) is 2.94. The Labute approximate surface area is 159 Å². The molecule has 0 aliphatic carbocycles. The largest absolute Gasteiger partial charge is 0.444 e. The van der Waals surface area contributed by atoms with Crippen molar-refractivity contribution >= 4 is 22.0 Å². The minimum atomic E-state index is -0.440. The molecule has 2 atom stereocenters. The zero-order valence-corrected chi connectivity index (χ0v) is 17.5. The number of fused-ring (bicyclic) bond motifs is 2. The Balaban J connectivity index is 1.75. The van der Waals surface area contributed by atoms with E-state index in [0.717, 1.165) is 36.7 Å². The number of carbonyl (C=O) groups is 1. The van der Waals surface area contributed by atoms with Gasteiger partial charge in [-0.05, 0) is 80.8 Å². The van der Waals surface area contributed by atoms with E-state index in [1.807, 2.05) is 25.7 Å². The second-order valence-corrected chi connectivity index (χ2v) is 9.71. The highest BCUT2D eigenvalue weighted by Gasteiger charge is 2.45. The van der Waals surface area contributed by atoms with Crippen LogP contribution in [0.3, 0.4) is 0 Å². The first kappa shape index (κ1) is 18.7. The Morgan fingerprint density at radius 1 is 1.28 bits per heavy atom. The Hall–Kier alpha value is -1.04. The van der Waals surface area contributed by atoms with Crippen molar-refractivity contribution in [3.8, 4) is 0 Å². The summed E-state index contributed by atoms with van der Waals surface area (Å²) in [6.07, 6.45) is 4.96. The molecule has 5 nitrogen and oxygen atoms in total. The number of amides is 1. The predicted molar refractivity (Wildman–Crippen MR) is 102 cm³/mol. The highest BCUT2D eigenvalue weighted by atomic mass is 79.9. The Morgan fingerprint density at radius 3 is 2.40 bits per heavy atom. The molecule has 2 fully saturated rings. The zero-order chi connectivity index (χ0) is 18.4. The number of halogens is 1. The summed E-state index contributed by atoms with van der Waals surface area (Å²) in [4.78, 5) is 14.6. The fourth-order valence-electron chi connectivity index (χ4n) is 4.25. The van der Waals surface area contributed by atoms with Gasteiger partial charge >= 0.3 is 6.09 Å². The molecule has 1 aromatic heterocycles. The van der Waals surface area contributed by atoms with E-state index in [9.17, 15) is 4.79 Å². The summed E-state index contributed by atoms with van der Waals surface area (Å²) in [7, 11) is 0. The summed E-state index contributed by atoms with van der Waals surface area (Å²) in [5.41, 5.74) is 0.849. The molecule has 0 N–H and O–H groups in total. The maximum Gasteiger partial charge on any atom is 0.410 e. The molecule has 6 heteroatoms.